The Morgan fingerprint density at radius 2 is 2.22 bits per heavy atom. The summed E-state index contributed by atoms with van der Waals surface area (Å²) in [6, 6.07) is 7.68. The maximum absolute atomic E-state index is 12.2. The second-order valence-corrected chi connectivity index (χ2v) is 6.27. The molecule has 0 bridgehead atoms. The van der Waals surface area contributed by atoms with Gasteiger partial charge in [-0.3, -0.25) is 14.4 Å². The fourth-order valence-electron chi connectivity index (χ4n) is 2.51. The molecule has 124 valence electrons. The fourth-order valence-corrected chi connectivity index (χ4v) is 2.96. The molecule has 1 saturated heterocycles. The fraction of sp³-hybridized carbons (Fsp3) is 0.438. The highest BCUT2D eigenvalue weighted by molar-refractivity contribution is 7.98. The largest absolute Gasteiger partial charge is 0.481 e. The van der Waals surface area contributed by atoms with Gasteiger partial charge in [-0.2, -0.15) is 0 Å². The predicted molar refractivity (Wildman–Crippen MR) is 88.6 cm³/mol. The van der Waals surface area contributed by atoms with Crippen LogP contribution in [0.1, 0.15) is 19.3 Å². The molecule has 7 heteroatoms. The first kappa shape index (κ1) is 17.3. The average Bonchev–Trinajstić information content (AvgIpc) is 2.93. The number of rotatable bonds is 7. The van der Waals surface area contributed by atoms with Crippen LogP contribution in [0.15, 0.2) is 29.2 Å². The SMILES string of the molecule is CSc1cccc(N2CC(C(=O)NCCCC(=O)O)CC2=O)c1. The number of carboxylic acids is 1. The first-order chi connectivity index (χ1) is 11.0. The monoisotopic (exact) mass is 336 g/mol. The molecule has 0 radical (unpaired) electrons. The minimum absolute atomic E-state index is 0.0253. The third-order valence-electron chi connectivity index (χ3n) is 3.73. The number of hydrogen-bond acceptors (Lipinski definition) is 4. The summed E-state index contributed by atoms with van der Waals surface area (Å²) in [6.45, 7) is 0.680. The number of anilines is 1. The molecule has 2 amide bonds. The molecule has 1 heterocycles. The number of aliphatic carboxylic acids is 1. The van der Waals surface area contributed by atoms with Crippen molar-refractivity contribution in [2.75, 3.05) is 24.2 Å². The first-order valence-electron chi connectivity index (χ1n) is 7.45. The normalized spacial score (nSPS) is 17.3. The summed E-state index contributed by atoms with van der Waals surface area (Å²) in [5.41, 5.74) is 0.808. The van der Waals surface area contributed by atoms with Crippen molar-refractivity contribution in [2.24, 2.45) is 5.92 Å². The average molecular weight is 336 g/mol. The molecule has 0 spiro atoms. The van der Waals surface area contributed by atoms with Crippen molar-refractivity contribution in [3.05, 3.63) is 24.3 Å². The van der Waals surface area contributed by atoms with Crippen molar-refractivity contribution < 1.29 is 19.5 Å². The maximum atomic E-state index is 12.2. The number of hydrogen-bond donors (Lipinski definition) is 2. The number of nitrogens with one attached hydrogen (secondary N) is 1. The van der Waals surface area contributed by atoms with Crippen molar-refractivity contribution in [3.8, 4) is 0 Å². The Hall–Kier alpha value is -2.02. The van der Waals surface area contributed by atoms with Crippen LogP contribution in [0.2, 0.25) is 0 Å². The molecule has 6 nitrogen and oxygen atoms in total. The number of carboxylic acid groups (broad SMARTS) is 1. The topological polar surface area (TPSA) is 86.7 Å². The maximum Gasteiger partial charge on any atom is 0.303 e. The van der Waals surface area contributed by atoms with Gasteiger partial charge in [0, 0.05) is 36.5 Å². The van der Waals surface area contributed by atoms with E-state index in [4.69, 9.17) is 5.11 Å². The van der Waals surface area contributed by atoms with Crippen LogP contribution in [-0.4, -0.2) is 42.2 Å². The first-order valence-corrected chi connectivity index (χ1v) is 8.67. The van der Waals surface area contributed by atoms with Crippen LogP contribution in [-0.2, 0) is 14.4 Å². The third kappa shape index (κ3) is 4.72. The molecule has 1 unspecified atom stereocenters. The standard InChI is InChI=1S/C16H20N2O4S/c1-23-13-5-2-4-12(9-13)18-10-11(8-14(18)19)16(22)17-7-3-6-15(20)21/h2,4-5,9,11H,3,6-8,10H2,1H3,(H,17,22)(H,20,21). The molecule has 1 aromatic rings. The van der Waals surface area contributed by atoms with E-state index in [9.17, 15) is 14.4 Å². The minimum Gasteiger partial charge on any atom is -0.481 e. The summed E-state index contributed by atoms with van der Waals surface area (Å²) in [4.78, 5) is 37.4. The highest BCUT2D eigenvalue weighted by atomic mass is 32.2. The Kier molecular flexibility index (Phi) is 6.04. The summed E-state index contributed by atoms with van der Waals surface area (Å²) in [5, 5.41) is 11.3. The van der Waals surface area contributed by atoms with Crippen LogP contribution in [0.25, 0.3) is 0 Å². The zero-order valence-electron chi connectivity index (χ0n) is 12.9. The van der Waals surface area contributed by atoms with E-state index in [1.54, 1.807) is 16.7 Å². The summed E-state index contributed by atoms with van der Waals surface area (Å²) in [7, 11) is 0. The van der Waals surface area contributed by atoms with Gasteiger partial charge in [0.1, 0.15) is 0 Å². The van der Waals surface area contributed by atoms with Gasteiger partial charge in [-0.25, -0.2) is 0 Å². The van der Waals surface area contributed by atoms with Crippen molar-refractivity contribution in [1.29, 1.82) is 0 Å². The van der Waals surface area contributed by atoms with Crippen molar-refractivity contribution in [3.63, 3.8) is 0 Å². The van der Waals surface area contributed by atoms with Crippen LogP contribution >= 0.6 is 11.8 Å². The molecule has 1 atom stereocenters. The second kappa shape index (κ2) is 8.01. The van der Waals surface area contributed by atoms with E-state index < -0.39 is 5.97 Å². The van der Waals surface area contributed by atoms with Crippen molar-refractivity contribution >= 4 is 35.2 Å². The Morgan fingerprint density at radius 3 is 2.91 bits per heavy atom. The Labute approximate surface area is 139 Å². The summed E-state index contributed by atoms with van der Waals surface area (Å²) in [6.07, 6.45) is 2.57. The molecule has 2 rings (SSSR count). The van der Waals surface area contributed by atoms with Gasteiger partial charge in [0.05, 0.1) is 5.92 Å². The lowest BCUT2D eigenvalue weighted by molar-refractivity contribution is -0.137. The van der Waals surface area contributed by atoms with E-state index in [1.165, 1.54) is 0 Å². The van der Waals surface area contributed by atoms with Gasteiger partial charge in [0.15, 0.2) is 0 Å². The molecule has 0 aromatic heterocycles. The molecule has 1 aliphatic rings. The van der Waals surface area contributed by atoms with E-state index in [0.717, 1.165) is 10.6 Å². The Bertz CT molecular complexity index is 605. The highest BCUT2D eigenvalue weighted by Crippen LogP contribution is 2.28. The zero-order chi connectivity index (χ0) is 16.8. The van der Waals surface area contributed by atoms with E-state index >= 15 is 0 Å². The molecule has 0 aliphatic carbocycles. The number of benzene rings is 1. The van der Waals surface area contributed by atoms with Crippen LogP contribution < -0.4 is 10.2 Å². The van der Waals surface area contributed by atoms with E-state index in [-0.39, 0.29) is 30.6 Å². The molecular formula is C16H20N2O4S. The van der Waals surface area contributed by atoms with Gasteiger partial charge in [-0.1, -0.05) is 6.07 Å². The quantitative estimate of drug-likeness (QED) is 0.585. The lowest BCUT2D eigenvalue weighted by Gasteiger charge is -2.17. The minimum atomic E-state index is -0.879. The van der Waals surface area contributed by atoms with Crippen LogP contribution in [0.4, 0.5) is 5.69 Å². The van der Waals surface area contributed by atoms with Gasteiger partial charge in [0.25, 0.3) is 0 Å². The smallest absolute Gasteiger partial charge is 0.303 e. The molecule has 2 N–H and O–H groups in total. The van der Waals surface area contributed by atoms with Crippen molar-refractivity contribution in [1.82, 2.24) is 5.32 Å². The number of thioether (sulfide) groups is 1. The zero-order valence-corrected chi connectivity index (χ0v) is 13.8. The predicted octanol–water partition coefficient (Wildman–Crippen LogP) is 1.74. The summed E-state index contributed by atoms with van der Waals surface area (Å²) >= 11 is 1.60. The van der Waals surface area contributed by atoms with E-state index in [1.807, 2.05) is 30.5 Å². The highest BCUT2D eigenvalue weighted by Gasteiger charge is 2.34. The van der Waals surface area contributed by atoms with Gasteiger partial charge in [-0.15, -0.1) is 11.8 Å². The molecule has 0 saturated carbocycles. The van der Waals surface area contributed by atoms with Crippen LogP contribution in [0, 0.1) is 5.92 Å². The second-order valence-electron chi connectivity index (χ2n) is 5.40. The van der Waals surface area contributed by atoms with E-state index in [0.29, 0.717) is 19.5 Å². The number of nitrogens with zero attached hydrogens (tertiary/aromatic N) is 1. The Balaban J connectivity index is 1.91. The van der Waals surface area contributed by atoms with Gasteiger partial charge < -0.3 is 15.3 Å². The molecule has 1 aromatic carbocycles. The Morgan fingerprint density at radius 1 is 1.43 bits per heavy atom. The molecule has 1 fully saturated rings. The van der Waals surface area contributed by atoms with Gasteiger partial charge in [0.2, 0.25) is 11.8 Å². The molecular weight excluding hydrogens is 316 g/mol. The number of amides is 2. The lowest BCUT2D eigenvalue weighted by Crippen LogP contribution is -2.33. The van der Waals surface area contributed by atoms with Gasteiger partial charge >= 0.3 is 5.97 Å². The number of carbonyl (C=O) groups is 3. The van der Waals surface area contributed by atoms with Gasteiger partial charge in [-0.05, 0) is 30.9 Å². The van der Waals surface area contributed by atoms with Crippen LogP contribution in [0.3, 0.4) is 0 Å². The summed E-state index contributed by atoms with van der Waals surface area (Å²) < 4.78 is 0. The molecule has 1 aliphatic heterocycles. The lowest BCUT2D eigenvalue weighted by atomic mass is 10.1. The summed E-state index contributed by atoms with van der Waals surface area (Å²) in [5.74, 6) is -1.51. The van der Waals surface area contributed by atoms with Crippen molar-refractivity contribution in [2.45, 2.75) is 24.2 Å². The number of carbonyl (C=O) groups excluding carboxylic acids is 2. The van der Waals surface area contributed by atoms with Crippen LogP contribution in [0.5, 0.6) is 0 Å². The van der Waals surface area contributed by atoms with E-state index in [2.05, 4.69) is 5.32 Å². The molecule has 23 heavy (non-hydrogen) atoms. The third-order valence-corrected chi connectivity index (χ3v) is 4.45.